The molecule has 0 aliphatic carbocycles. The van der Waals surface area contributed by atoms with Crippen molar-refractivity contribution >= 4 is 12.2 Å². The van der Waals surface area contributed by atoms with E-state index < -0.39 is 11.6 Å². The van der Waals surface area contributed by atoms with E-state index in [1.54, 1.807) is 27.2 Å². The largest absolute Gasteiger partial charge is 0.363 e. The Morgan fingerprint density at radius 1 is 1.47 bits per heavy atom. The average molecular weight is 272 g/mol. The fourth-order valence-electron chi connectivity index (χ4n) is 1.69. The molecule has 6 heteroatoms. The molecule has 0 radical (unpaired) electrons. The Labute approximate surface area is 115 Å². The van der Waals surface area contributed by atoms with Gasteiger partial charge >= 0.3 is 5.91 Å². The lowest BCUT2D eigenvalue weighted by atomic mass is 10.1. The molecule has 6 nitrogen and oxygen atoms in total. The molecular formula is C13H26N3O3+. The third kappa shape index (κ3) is 4.83. The summed E-state index contributed by atoms with van der Waals surface area (Å²) in [6, 6.07) is 0. The zero-order valence-corrected chi connectivity index (χ0v) is 12.3. The minimum atomic E-state index is -1.87. The van der Waals surface area contributed by atoms with E-state index in [4.69, 9.17) is 0 Å². The summed E-state index contributed by atoms with van der Waals surface area (Å²) in [4.78, 5) is 23.2. The lowest BCUT2D eigenvalue weighted by Gasteiger charge is -2.39. The molecule has 1 unspecified atom stereocenters. The molecule has 0 rings (SSSR count). The van der Waals surface area contributed by atoms with Crippen LogP contribution in [0.5, 0.6) is 0 Å². The van der Waals surface area contributed by atoms with E-state index in [1.165, 1.54) is 5.01 Å². The number of carbonyl (C=O) groups excluding carboxylic acids is 2. The molecule has 0 saturated carbocycles. The van der Waals surface area contributed by atoms with Crippen molar-refractivity contribution in [1.82, 2.24) is 10.4 Å². The quantitative estimate of drug-likeness (QED) is 0.202. The van der Waals surface area contributed by atoms with E-state index in [9.17, 15) is 14.7 Å². The minimum absolute atomic E-state index is 0.0776. The molecule has 0 aliphatic rings. The van der Waals surface area contributed by atoms with Crippen LogP contribution in [0.4, 0.5) is 0 Å². The van der Waals surface area contributed by atoms with E-state index in [2.05, 4.69) is 12.0 Å². The molecule has 0 saturated heterocycles. The van der Waals surface area contributed by atoms with Gasteiger partial charge in [0.05, 0.1) is 27.6 Å². The number of aldehydes is 1. The molecule has 0 bridgehead atoms. The first-order chi connectivity index (χ1) is 8.73. The predicted octanol–water partition coefficient (Wildman–Crippen LogP) is -0.101. The minimum Gasteiger partial charge on any atom is -0.363 e. The smallest absolute Gasteiger partial charge is 0.362 e. The molecule has 0 aromatic carbocycles. The van der Waals surface area contributed by atoms with Gasteiger partial charge in [-0.3, -0.25) is 9.91 Å². The summed E-state index contributed by atoms with van der Waals surface area (Å²) >= 11 is 0. The van der Waals surface area contributed by atoms with Crippen LogP contribution >= 0.6 is 0 Å². The van der Waals surface area contributed by atoms with Crippen molar-refractivity contribution in [3.63, 3.8) is 0 Å². The van der Waals surface area contributed by atoms with Gasteiger partial charge in [-0.05, 0) is 6.42 Å². The molecule has 0 fully saturated rings. The van der Waals surface area contributed by atoms with Crippen molar-refractivity contribution in [2.75, 3.05) is 34.2 Å². The van der Waals surface area contributed by atoms with Gasteiger partial charge in [0.2, 0.25) is 0 Å². The van der Waals surface area contributed by atoms with Crippen LogP contribution in [0.25, 0.3) is 0 Å². The SMILES string of the molecule is C=CCN(NCCC)C(O)(CC=O)C(=O)[N+](C)(C)C. The molecule has 1 amide bonds. The standard InChI is InChI=1S/C13H26N3O3/c1-6-9-14-15(10-7-2)13(19,8-11-17)12(18)16(3,4)5/h7,11,14,19H,2,6,8-10H2,1,3-5H3/q+1. The highest BCUT2D eigenvalue weighted by atomic mass is 16.3. The molecule has 0 aromatic rings. The molecule has 0 aliphatic heterocycles. The van der Waals surface area contributed by atoms with Crippen molar-refractivity contribution in [2.45, 2.75) is 25.5 Å². The summed E-state index contributed by atoms with van der Waals surface area (Å²) in [7, 11) is 4.97. The highest BCUT2D eigenvalue weighted by molar-refractivity contribution is 5.81. The third-order valence-electron chi connectivity index (χ3n) is 2.63. The molecule has 1 atom stereocenters. The fourth-order valence-corrected chi connectivity index (χ4v) is 1.69. The Balaban J connectivity index is 5.35. The van der Waals surface area contributed by atoms with Gasteiger partial charge in [-0.15, -0.1) is 6.58 Å². The number of hydrogen-bond donors (Lipinski definition) is 2. The summed E-state index contributed by atoms with van der Waals surface area (Å²) in [6.45, 7) is 6.43. The second kappa shape index (κ2) is 7.49. The Bertz CT molecular complexity index is 326. The maximum absolute atomic E-state index is 12.4. The van der Waals surface area contributed by atoms with E-state index in [1.807, 2.05) is 6.92 Å². The summed E-state index contributed by atoms with van der Waals surface area (Å²) in [5.74, 6) is -0.454. The molecule has 110 valence electrons. The summed E-state index contributed by atoms with van der Waals surface area (Å²) in [6.07, 6.45) is 2.67. The summed E-state index contributed by atoms with van der Waals surface area (Å²) in [5, 5.41) is 12.0. The van der Waals surface area contributed by atoms with Gasteiger partial charge < -0.3 is 9.90 Å². The molecule has 0 aromatic heterocycles. The summed E-state index contributed by atoms with van der Waals surface area (Å²) < 4.78 is -0.0776. The highest BCUT2D eigenvalue weighted by Gasteiger charge is 2.49. The van der Waals surface area contributed by atoms with Crippen LogP contribution in [-0.4, -0.2) is 66.7 Å². The second-order valence-corrected chi connectivity index (χ2v) is 5.31. The predicted molar refractivity (Wildman–Crippen MR) is 73.9 cm³/mol. The topological polar surface area (TPSA) is 69.6 Å². The van der Waals surface area contributed by atoms with Crippen LogP contribution in [-0.2, 0) is 9.59 Å². The molecule has 19 heavy (non-hydrogen) atoms. The monoisotopic (exact) mass is 272 g/mol. The molecule has 0 spiro atoms. The van der Waals surface area contributed by atoms with Gasteiger partial charge in [-0.1, -0.05) is 13.0 Å². The number of nitrogens with one attached hydrogen (secondary N) is 1. The number of amides is 1. The number of aliphatic hydroxyl groups is 1. The van der Waals surface area contributed by atoms with Crippen LogP contribution in [0, 0.1) is 0 Å². The van der Waals surface area contributed by atoms with Crippen molar-refractivity contribution in [2.24, 2.45) is 0 Å². The van der Waals surface area contributed by atoms with Crippen LogP contribution in [0.3, 0.4) is 0 Å². The number of hydrogen-bond acceptors (Lipinski definition) is 5. The summed E-state index contributed by atoms with van der Waals surface area (Å²) in [5.41, 5.74) is 1.10. The Morgan fingerprint density at radius 2 is 2.05 bits per heavy atom. The molecule has 0 heterocycles. The van der Waals surface area contributed by atoms with Crippen LogP contribution in [0.1, 0.15) is 19.8 Å². The first-order valence-electron chi connectivity index (χ1n) is 6.38. The van der Waals surface area contributed by atoms with Crippen molar-refractivity contribution in [1.29, 1.82) is 0 Å². The maximum Gasteiger partial charge on any atom is 0.362 e. The Morgan fingerprint density at radius 3 is 2.42 bits per heavy atom. The van der Waals surface area contributed by atoms with E-state index in [0.29, 0.717) is 12.8 Å². The fraction of sp³-hybridized carbons (Fsp3) is 0.692. The Kier molecular flexibility index (Phi) is 7.07. The zero-order valence-electron chi connectivity index (χ0n) is 12.3. The normalized spacial score (nSPS) is 15.1. The lowest BCUT2D eigenvalue weighted by molar-refractivity contribution is -0.797. The lowest BCUT2D eigenvalue weighted by Crippen LogP contribution is -2.67. The first kappa shape index (κ1) is 17.9. The van der Waals surface area contributed by atoms with E-state index >= 15 is 0 Å². The van der Waals surface area contributed by atoms with Gasteiger partial charge in [0.25, 0.3) is 5.72 Å². The second-order valence-electron chi connectivity index (χ2n) is 5.31. The number of nitrogens with zero attached hydrogens (tertiary/aromatic N) is 2. The van der Waals surface area contributed by atoms with Crippen LogP contribution < -0.4 is 5.43 Å². The van der Waals surface area contributed by atoms with Crippen molar-refractivity contribution < 1.29 is 19.2 Å². The first-order valence-corrected chi connectivity index (χ1v) is 6.38. The van der Waals surface area contributed by atoms with E-state index in [-0.39, 0.29) is 17.4 Å². The van der Waals surface area contributed by atoms with Crippen molar-refractivity contribution in [3.05, 3.63) is 12.7 Å². The van der Waals surface area contributed by atoms with Crippen molar-refractivity contribution in [3.8, 4) is 0 Å². The highest BCUT2D eigenvalue weighted by Crippen LogP contribution is 2.19. The van der Waals surface area contributed by atoms with Gasteiger partial charge in [-0.2, -0.15) is 5.01 Å². The van der Waals surface area contributed by atoms with Gasteiger partial charge in [0.15, 0.2) is 0 Å². The number of likely N-dealkylation sites (N-methyl/N-ethyl adjacent to an activating group) is 1. The van der Waals surface area contributed by atoms with Crippen LogP contribution in [0.2, 0.25) is 0 Å². The van der Waals surface area contributed by atoms with Gasteiger partial charge in [0, 0.05) is 13.1 Å². The van der Waals surface area contributed by atoms with Gasteiger partial charge in [0.1, 0.15) is 6.29 Å². The number of rotatable bonds is 9. The average Bonchev–Trinajstić information content (AvgIpc) is 2.32. The Hall–Kier alpha value is -1.08. The van der Waals surface area contributed by atoms with Crippen LogP contribution in [0.15, 0.2) is 12.7 Å². The maximum atomic E-state index is 12.4. The number of carbonyl (C=O) groups is 2. The number of quaternary nitrogens is 1. The third-order valence-corrected chi connectivity index (χ3v) is 2.63. The van der Waals surface area contributed by atoms with Gasteiger partial charge in [-0.25, -0.2) is 4.79 Å². The number of hydrazine groups is 1. The molecular weight excluding hydrogens is 246 g/mol. The van der Waals surface area contributed by atoms with E-state index in [0.717, 1.165) is 6.42 Å². The zero-order chi connectivity index (χ0) is 15.1. The molecule has 2 N–H and O–H groups in total.